The van der Waals surface area contributed by atoms with E-state index in [9.17, 15) is 15.2 Å². The van der Waals surface area contributed by atoms with Crippen LogP contribution in [0.1, 0.15) is 88.2 Å². The number of aryl methyl sites for hydroxylation is 1. The second-order valence-corrected chi connectivity index (χ2v) is 11.8. The highest BCUT2D eigenvalue weighted by Gasteiger charge is 2.31. The summed E-state index contributed by atoms with van der Waals surface area (Å²) in [6.07, 6.45) is 7.17. The van der Waals surface area contributed by atoms with Crippen molar-refractivity contribution in [2.24, 2.45) is 0 Å². The quantitative estimate of drug-likeness (QED) is 0.265. The average Bonchev–Trinajstić information content (AvgIpc) is 3.45. The molecule has 1 unspecified atom stereocenters. The second-order valence-electron chi connectivity index (χ2n) is 11.8. The lowest BCUT2D eigenvalue weighted by Gasteiger charge is -2.35. The summed E-state index contributed by atoms with van der Waals surface area (Å²) in [5, 5.41) is 24.5. The number of nitriles is 1. The number of hydrogen-bond acceptors (Lipinski definition) is 5. The van der Waals surface area contributed by atoms with Gasteiger partial charge in [-0.3, -0.25) is 9.36 Å². The van der Waals surface area contributed by atoms with Gasteiger partial charge in [-0.2, -0.15) is 10.4 Å². The molecule has 5 rings (SSSR count). The fourth-order valence-corrected chi connectivity index (χ4v) is 5.94. The van der Waals surface area contributed by atoms with E-state index in [1.54, 1.807) is 20.0 Å². The summed E-state index contributed by atoms with van der Waals surface area (Å²) in [7, 11) is 0. The van der Waals surface area contributed by atoms with Crippen molar-refractivity contribution in [3.63, 3.8) is 0 Å². The van der Waals surface area contributed by atoms with E-state index >= 15 is 0 Å². The number of aliphatic hydroxyl groups is 1. The van der Waals surface area contributed by atoms with Crippen molar-refractivity contribution in [3.05, 3.63) is 93.5 Å². The molecule has 2 aromatic carbocycles. The summed E-state index contributed by atoms with van der Waals surface area (Å²) >= 11 is 0. The van der Waals surface area contributed by atoms with E-state index < -0.39 is 5.60 Å². The zero-order chi connectivity index (χ0) is 29.1. The first-order valence-electron chi connectivity index (χ1n) is 14.8. The molecule has 1 aliphatic carbocycles. The highest BCUT2D eigenvalue weighted by atomic mass is 16.5. The van der Waals surface area contributed by atoms with Gasteiger partial charge < -0.3 is 9.84 Å². The number of nitrogens with zero attached hydrogens (tertiary/aromatic N) is 4. The van der Waals surface area contributed by atoms with E-state index in [-0.39, 0.29) is 23.8 Å². The summed E-state index contributed by atoms with van der Waals surface area (Å²) in [5.74, 6) is 0. The van der Waals surface area contributed by atoms with Gasteiger partial charge in [0.2, 0.25) is 0 Å². The number of aromatic nitrogens is 3. The lowest BCUT2D eigenvalue weighted by atomic mass is 9.91. The first-order chi connectivity index (χ1) is 19.7. The maximum absolute atomic E-state index is 14.3. The Morgan fingerprint density at radius 3 is 2.46 bits per heavy atom. The third-order valence-corrected chi connectivity index (χ3v) is 8.53. The van der Waals surface area contributed by atoms with Crippen LogP contribution in [0, 0.1) is 11.3 Å². The van der Waals surface area contributed by atoms with Gasteiger partial charge in [-0.25, -0.2) is 4.52 Å². The molecule has 1 N–H and O–H groups in total. The molecular formula is C34H40N4O3. The lowest BCUT2D eigenvalue weighted by Crippen LogP contribution is -2.40. The Kier molecular flexibility index (Phi) is 8.44. The molecule has 1 aliphatic rings. The van der Waals surface area contributed by atoms with E-state index in [2.05, 4.69) is 30.2 Å². The Morgan fingerprint density at radius 1 is 1.10 bits per heavy atom. The van der Waals surface area contributed by atoms with Crippen LogP contribution < -0.4 is 5.56 Å². The predicted octanol–water partition coefficient (Wildman–Crippen LogP) is 6.24. The Morgan fingerprint density at radius 2 is 1.80 bits per heavy atom. The van der Waals surface area contributed by atoms with E-state index in [0.717, 1.165) is 72.1 Å². The SMILES string of the molecule is CCCc1c(Cc2ccc(-c3ccccc3C#N)cc2)c(=O)n([C@H]2CC[C@H](OC(C)C(C)(C)O)CC2)c2ccnn12. The predicted molar refractivity (Wildman–Crippen MR) is 161 cm³/mol. The molecule has 41 heavy (non-hydrogen) atoms. The number of benzene rings is 2. The van der Waals surface area contributed by atoms with Crippen molar-refractivity contribution >= 4 is 5.65 Å². The Bertz CT molecular complexity index is 1600. The molecule has 214 valence electrons. The van der Waals surface area contributed by atoms with Crippen LogP contribution >= 0.6 is 0 Å². The molecule has 0 saturated heterocycles. The summed E-state index contributed by atoms with van der Waals surface area (Å²) in [5.41, 5.74) is 5.38. The van der Waals surface area contributed by atoms with Crippen molar-refractivity contribution in [1.29, 1.82) is 5.26 Å². The van der Waals surface area contributed by atoms with Gasteiger partial charge in [0.25, 0.3) is 5.56 Å². The van der Waals surface area contributed by atoms with Gasteiger partial charge in [0.1, 0.15) is 5.65 Å². The monoisotopic (exact) mass is 552 g/mol. The zero-order valence-corrected chi connectivity index (χ0v) is 24.5. The number of ether oxygens (including phenoxy) is 1. The third-order valence-electron chi connectivity index (χ3n) is 8.53. The molecule has 0 amide bonds. The number of rotatable bonds is 9. The molecular weight excluding hydrogens is 512 g/mol. The van der Waals surface area contributed by atoms with Gasteiger partial charge in [0.05, 0.1) is 41.3 Å². The maximum Gasteiger partial charge on any atom is 0.257 e. The molecule has 2 heterocycles. The molecule has 7 nitrogen and oxygen atoms in total. The van der Waals surface area contributed by atoms with Crippen molar-refractivity contribution in [1.82, 2.24) is 14.2 Å². The average molecular weight is 553 g/mol. The van der Waals surface area contributed by atoms with Crippen LogP contribution in [0.5, 0.6) is 0 Å². The molecule has 1 atom stereocenters. The highest BCUT2D eigenvalue weighted by Crippen LogP contribution is 2.33. The Balaban J connectivity index is 1.45. The van der Waals surface area contributed by atoms with Crippen LogP contribution in [0.2, 0.25) is 0 Å². The van der Waals surface area contributed by atoms with Crippen molar-refractivity contribution < 1.29 is 9.84 Å². The van der Waals surface area contributed by atoms with Crippen LogP contribution in [0.3, 0.4) is 0 Å². The van der Waals surface area contributed by atoms with Crippen LogP contribution in [0.25, 0.3) is 16.8 Å². The fraction of sp³-hybridized carbons (Fsp3) is 0.441. The molecule has 2 aromatic heterocycles. The topological polar surface area (TPSA) is 92.5 Å². The Labute approximate surface area is 242 Å². The van der Waals surface area contributed by atoms with Gasteiger partial charge in [-0.1, -0.05) is 55.8 Å². The molecule has 0 bridgehead atoms. The molecule has 4 aromatic rings. The smallest absolute Gasteiger partial charge is 0.257 e. The van der Waals surface area contributed by atoms with Crippen molar-refractivity contribution in [3.8, 4) is 17.2 Å². The molecule has 1 fully saturated rings. The highest BCUT2D eigenvalue weighted by molar-refractivity contribution is 5.70. The van der Waals surface area contributed by atoms with Gasteiger partial charge in [-0.15, -0.1) is 0 Å². The largest absolute Gasteiger partial charge is 0.388 e. The van der Waals surface area contributed by atoms with E-state index in [4.69, 9.17) is 4.74 Å². The van der Waals surface area contributed by atoms with Crippen LogP contribution in [-0.2, 0) is 17.6 Å². The zero-order valence-electron chi connectivity index (χ0n) is 24.5. The summed E-state index contributed by atoms with van der Waals surface area (Å²) in [6.45, 7) is 7.59. The third kappa shape index (κ3) is 6.00. The van der Waals surface area contributed by atoms with E-state index in [1.807, 2.05) is 58.5 Å². The Hall–Kier alpha value is -3.73. The minimum atomic E-state index is -0.890. The van der Waals surface area contributed by atoms with Gasteiger partial charge >= 0.3 is 0 Å². The van der Waals surface area contributed by atoms with Crippen LogP contribution in [-0.4, -0.2) is 37.1 Å². The first-order valence-corrected chi connectivity index (χ1v) is 14.8. The summed E-state index contributed by atoms with van der Waals surface area (Å²) < 4.78 is 10.1. The first kappa shape index (κ1) is 28.8. The summed E-state index contributed by atoms with van der Waals surface area (Å²) in [4.78, 5) is 14.3. The fourth-order valence-electron chi connectivity index (χ4n) is 5.94. The van der Waals surface area contributed by atoms with Crippen molar-refractivity contribution in [2.75, 3.05) is 0 Å². The molecule has 0 spiro atoms. The van der Waals surface area contributed by atoms with Gasteiger partial charge in [-0.05, 0) is 75.6 Å². The molecule has 7 heteroatoms. The number of hydrogen-bond donors (Lipinski definition) is 1. The number of fused-ring (bicyclic) bond motifs is 1. The lowest BCUT2D eigenvalue weighted by molar-refractivity contribution is -0.118. The minimum Gasteiger partial charge on any atom is -0.388 e. The van der Waals surface area contributed by atoms with Crippen LogP contribution in [0.4, 0.5) is 0 Å². The normalized spacial score (nSPS) is 18.3. The van der Waals surface area contributed by atoms with Gasteiger partial charge in [0, 0.05) is 24.1 Å². The van der Waals surface area contributed by atoms with Gasteiger partial charge in [0.15, 0.2) is 0 Å². The molecule has 0 aliphatic heterocycles. The summed E-state index contributed by atoms with van der Waals surface area (Å²) in [6, 6.07) is 20.1. The van der Waals surface area contributed by atoms with E-state index in [1.165, 1.54) is 0 Å². The standard InChI is InChI=1S/C34H40N4O3/c1-5-8-31-30(21-24-11-13-25(14-12-24)29-10-7-6-9-26(29)22-35)33(39)37(32-19-20-36-38(31)32)27-15-17-28(18-16-27)41-23(2)34(3,4)40/h6-7,9-14,19-20,23,27-28,40H,5,8,15-18,21H2,1-4H3/t23?,27-,28-. The maximum atomic E-state index is 14.3. The molecule has 0 radical (unpaired) electrons. The van der Waals surface area contributed by atoms with E-state index in [0.29, 0.717) is 12.0 Å². The second kappa shape index (κ2) is 12.0. The van der Waals surface area contributed by atoms with Crippen LogP contribution in [0.15, 0.2) is 65.6 Å². The molecule has 1 saturated carbocycles. The minimum absolute atomic E-state index is 0.0644. The van der Waals surface area contributed by atoms with Crippen molar-refractivity contribution in [2.45, 2.75) is 96.5 Å².